The number of allylic oxidation sites excluding steroid dienone is 1. The van der Waals surface area contributed by atoms with Crippen molar-refractivity contribution >= 4 is 17.7 Å². The molecule has 0 rings (SSSR count). The number of amides is 3. The van der Waals surface area contributed by atoms with Gasteiger partial charge in [0.05, 0.1) is 0 Å². The van der Waals surface area contributed by atoms with Crippen LogP contribution in [0.2, 0.25) is 0 Å². The molecule has 0 bridgehead atoms. The molecule has 0 atom stereocenters. The first-order valence-electron chi connectivity index (χ1n) is 12.9. The molecular weight excluding hydrogens is 426 g/mol. The third-order valence-corrected chi connectivity index (χ3v) is 6.03. The lowest BCUT2D eigenvalue weighted by Gasteiger charge is -2.37. The Bertz CT molecular complexity index is 590. The summed E-state index contributed by atoms with van der Waals surface area (Å²) in [7, 11) is 0. The third-order valence-electron chi connectivity index (χ3n) is 6.03. The Morgan fingerprint density at radius 1 is 0.588 bits per heavy atom. The summed E-state index contributed by atoms with van der Waals surface area (Å²) in [5.41, 5.74) is -2.01. The monoisotopic (exact) mass is 479 g/mol. The Morgan fingerprint density at radius 3 is 1.24 bits per heavy atom. The van der Waals surface area contributed by atoms with Gasteiger partial charge in [-0.05, 0) is 19.3 Å². The van der Waals surface area contributed by atoms with Crippen LogP contribution in [0.4, 0.5) is 0 Å². The fourth-order valence-corrected chi connectivity index (χ4v) is 3.37. The zero-order valence-electron chi connectivity index (χ0n) is 23.6. The van der Waals surface area contributed by atoms with Crippen LogP contribution in [-0.2, 0) is 14.4 Å². The molecule has 0 fully saturated rings. The van der Waals surface area contributed by atoms with Gasteiger partial charge in [0.15, 0.2) is 0 Å². The smallest absolute Gasteiger partial charge is 0.225 e. The van der Waals surface area contributed by atoms with E-state index in [2.05, 4.69) is 22.5 Å². The van der Waals surface area contributed by atoms with Gasteiger partial charge in [0.25, 0.3) is 0 Å². The normalized spacial score (nSPS) is 12.7. The molecule has 0 aromatic heterocycles. The molecule has 34 heavy (non-hydrogen) atoms. The van der Waals surface area contributed by atoms with E-state index in [9.17, 15) is 14.4 Å². The molecule has 0 aliphatic rings. The van der Waals surface area contributed by atoms with Gasteiger partial charge in [-0.1, -0.05) is 94.1 Å². The Labute approximate surface area is 209 Å². The Balaban J connectivity index is 5.60. The zero-order valence-corrected chi connectivity index (χ0v) is 23.6. The molecule has 0 heterocycles. The maximum Gasteiger partial charge on any atom is 0.225 e. The fraction of sp³-hybridized carbons (Fsp3) is 0.821. The van der Waals surface area contributed by atoms with Gasteiger partial charge >= 0.3 is 0 Å². The highest BCUT2D eigenvalue weighted by atomic mass is 16.2. The van der Waals surface area contributed by atoms with E-state index >= 15 is 0 Å². The van der Waals surface area contributed by atoms with E-state index < -0.39 is 21.7 Å². The standard InChI is InChI=1S/C28H53N3O3/c1-11-12-13-14-15-16-17-18-28(19-29-22(32)25(2,3)4,20-30-23(33)26(5,6)7)21-31-24(34)27(8,9)10/h11H,1,12-21H2,2-10H3,(H,29,32)(H,30,33)(H,31,34). The van der Waals surface area contributed by atoms with E-state index in [0.29, 0.717) is 19.6 Å². The number of hydrogen-bond acceptors (Lipinski definition) is 3. The first-order valence-corrected chi connectivity index (χ1v) is 12.9. The summed E-state index contributed by atoms with van der Waals surface area (Å²) >= 11 is 0. The zero-order chi connectivity index (χ0) is 26.6. The molecular formula is C28H53N3O3. The Kier molecular flexibility index (Phi) is 13.1. The van der Waals surface area contributed by atoms with Crippen molar-refractivity contribution in [3.05, 3.63) is 12.7 Å². The molecule has 6 nitrogen and oxygen atoms in total. The van der Waals surface area contributed by atoms with Gasteiger partial charge in [-0.15, -0.1) is 6.58 Å². The lowest BCUT2D eigenvalue weighted by Crippen LogP contribution is -2.54. The Hall–Kier alpha value is -1.85. The van der Waals surface area contributed by atoms with Crippen molar-refractivity contribution in [1.29, 1.82) is 0 Å². The van der Waals surface area contributed by atoms with Crippen molar-refractivity contribution in [2.45, 2.75) is 107 Å². The van der Waals surface area contributed by atoms with Gasteiger partial charge in [-0.25, -0.2) is 0 Å². The van der Waals surface area contributed by atoms with Gasteiger partial charge in [-0.2, -0.15) is 0 Å². The highest BCUT2D eigenvalue weighted by Gasteiger charge is 2.35. The molecule has 0 aliphatic heterocycles. The maximum absolute atomic E-state index is 12.7. The van der Waals surface area contributed by atoms with E-state index in [4.69, 9.17) is 0 Å². The fourth-order valence-electron chi connectivity index (χ4n) is 3.37. The van der Waals surface area contributed by atoms with Gasteiger partial charge in [0, 0.05) is 41.3 Å². The van der Waals surface area contributed by atoms with Crippen LogP contribution in [0.5, 0.6) is 0 Å². The van der Waals surface area contributed by atoms with Crippen molar-refractivity contribution in [3.63, 3.8) is 0 Å². The second kappa shape index (κ2) is 13.9. The number of unbranched alkanes of at least 4 members (excludes halogenated alkanes) is 5. The minimum Gasteiger partial charge on any atom is -0.355 e. The van der Waals surface area contributed by atoms with E-state index in [0.717, 1.165) is 38.5 Å². The summed E-state index contributed by atoms with van der Waals surface area (Å²) < 4.78 is 0. The van der Waals surface area contributed by atoms with E-state index in [1.54, 1.807) is 0 Å². The molecule has 0 aliphatic carbocycles. The SMILES string of the molecule is C=CCCCCCCCC(CNC(=O)C(C)(C)C)(CNC(=O)C(C)(C)C)CNC(=O)C(C)(C)C. The lowest BCUT2D eigenvalue weighted by atomic mass is 9.80. The largest absolute Gasteiger partial charge is 0.355 e. The van der Waals surface area contributed by atoms with E-state index in [1.165, 1.54) is 6.42 Å². The second-order valence-electron chi connectivity index (χ2n) is 12.9. The molecule has 0 aromatic carbocycles. The number of nitrogens with one attached hydrogen (secondary N) is 3. The van der Waals surface area contributed by atoms with E-state index in [-0.39, 0.29) is 17.7 Å². The highest BCUT2D eigenvalue weighted by molar-refractivity contribution is 5.82. The van der Waals surface area contributed by atoms with Crippen LogP contribution in [0.1, 0.15) is 107 Å². The predicted octanol–water partition coefficient (Wildman–Crippen LogP) is 5.38. The summed E-state index contributed by atoms with van der Waals surface area (Å²) in [4.78, 5) is 38.1. The van der Waals surface area contributed by atoms with Crippen molar-refractivity contribution in [3.8, 4) is 0 Å². The first kappa shape index (κ1) is 32.1. The minimum absolute atomic E-state index is 0.0365. The molecule has 3 amide bonds. The van der Waals surface area contributed by atoms with Gasteiger partial charge in [0.1, 0.15) is 0 Å². The molecule has 0 radical (unpaired) electrons. The molecule has 3 N–H and O–H groups in total. The quantitative estimate of drug-likeness (QED) is 0.231. The average molecular weight is 480 g/mol. The molecule has 0 saturated heterocycles. The van der Waals surface area contributed by atoms with Gasteiger partial charge < -0.3 is 16.0 Å². The lowest BCUT2D eigenvalue weighted by molar-refractivity contribution is -0.129. The topological polar surface area (TPSA) is 87.3 Å². The van der Waals surface area contributed by atoms with Crippen molar-refractivity contribution in [2.75, 3.05) is 19.6 Å². The molecule has 0 unspecified atom stereocenters. The summed E-state index contributed by atoms with van der Waals surface area (Å²) in [6.45, 7) is 21.9. The van der Waals surface area contributed by atoms with Gasteiger partial charge in [-0.3, -0.25) is 14.4 Å². The minimum atomic E-state index is -0.514. The van der Waals surface area contributed by atoms with Crippen LogP contribution < -0.4 is 16.0 Å². The molecule has 198 valence electrons. The third kappa shape index (κ3) is 13.1. The highest BCUT2D eigenvalue weighted by Crippen LogP contribution is 2.27. The van der Waals surface area contributed by atoms with Crippen LogP contribution in [0.25, 0.3) is 0 Å². The second-order valence-corrected chi connectivity index (χ2v) is 12.9. The number of carbonyl (C=O) groups is 3. The summed E-state index contributed by atoms with van der Waals surface area (Å²) in [5, 5.41) is 9.31. The van der Waals surface area contributed by atoms with Gasteiger partial charge in [0.2, 0.25) is 17.7 Å². The van der Waals surface area contributed by atoms with Crippen LogP contribution in [0.15, 0.2) is 12.7 Å². The van der Waals surface area contributed by atoms with E-state index in [1.807, 2.05) is 68.4 Å². The molecule has 6 heteroatoms. The van der Waals surface area contributed by atoms with Crippen molar-refractivity contribution in [1.82, 2.24) is 16.0 Å². The summed E-state index contributed by atoms with van der Waals surface area (Å²) in [6, 6.07) is 0. The molecule has 0 saturated carbocycles. The summed E-state index contributed by atoms with van der Waals surface area (Å²) in [6.07, 6.45) is 9.30. The average Bonchev–Trinajstić information content (AvgIpc) is 2.70. The maximum atomic E-state index is 12.7. The van der Waals surface area contributed by atoms with Crippen LogP contribution in [0, 0.1) is 21.7 Å². The van der Waals surface area contributed by atoms with Crippen molar-refractivity contribution < 1.29 is 14.4 Å². The van der Waals surface area contributed by atoms with Crippen LogP contribution >= 0.6 is 0 Å². The van der Waals surface area contributed by atoms with Crippen LogP contribution in [-0.4, -0.2) is 37.4 Å². The molecule has 0 spiro atoms. The first-order chi connectivity index (χ1) is 15.4. The molecule has 0 aromatic rings. The van der Waals surface area contributed by atoms with Crippen molar-refractivity contribution in [2.24, 2.45) is 21.7 Å². The predicted molar refractivity (Wildman–Crippen MR) is 142 cm³/mol. The number of hydrogen-bond donors (Lipinski definition) is 3. The number of carbonyl (C=O) groups excluding carboxylic acids is 3. The number of rotatable bonds is 14. The summed E-state index contributed by atoms with van der Waals surface area (Å²) in [5.74, 6) is -0.109. The Morgan fingerprint density at radius 2 is 0.912 bits per heavy atom. The van der Waals surface area contributed by atoms with Crippen LogP contribution in [0.3, 0.4) is 0 Å².